The van der Waals surface area contributed by atoms with Gasteiger partial charge in [0.1, 0.15) is 11.5 Å². The highest BCUT2D eigenvalue weighted by Gasteiger charge is 2.15. The largest absolute Gasteiger partial charge is 0.457 e. The van der Waals surface area contributed by atoms with Gasteiger partial charge in [0.15, 0.2) is 0 Å². The van der Waals surface area contributed by atoms with Crippen LogP contribution in [0, 0.1) is 0 Å². The average Bonchev–Trinajstić information content (AvgIpc) is 3.17. The first kappa shape index (κ1) is 13.7. The molecule has 3 rings (SSSR count). The molecule has 1 amide bonds. The molecule has 21 heavy (non-hydrogen) atoms. The van der Waals surface area contributed by atoms with E-state index in [1.165, 1.54) is 12.8 Å². The number of furan rings is 1. The Morgan fingerprint density at radius 3 is 2.62 bits per heavy atom. The zero-order chi connectivity index (χ0) is 14.5. The van der Waals surface area contributed by atoms with Gasteiger partial charge in [0, 0.05) is 17.7 Å². The van der Waals surface area contributed by atoms with Crippen molar-refractivity contribution >= 4 is 12.0 Å². The Balaban J connectivity index is 1.61. The summed E-state index contributed by atoms with van der Waals surface area (Å²) in [5.41, 5.74) is 1.03. The third kappa shape index (κ3) is 3.63. The zero-order valence-electron chi connectivity index (χ0n) is 11.9. The summed E-state index contributed by atoms with van der Waals surface area (Å²) in [5, 5.41) is 3.02. The molecule has 1 N–H and O–H groups in total. The molecule has 0 atom stereocenters. The molecule has 2 aromatic rings. The number of rotatable bonds is 4. The number of amides is 1. The average molecular weight is 281 g/mol. The lowest BCUT2D eigenvalue weighted by molar-refractivity contribution is -0.117. The van der Waals surface area contributed by atoms with E-state index < -0.39 is 0 Å². The standard InChI is InChI=1S/C18H19NO2/c20-18(19-15-8-4-5-9-15)13-11-16-10-12-17(21-16)14-6-2-1-3-7-14/h1-3,6-7,10-13,15H,4-5,8-9H2,(H,19,20). The highest BCUT2D eigenvalue weighted by atomic mass is 16.3. The molecular weight excluding hydrogens is 262 g/mol. The summed E-state index contributed by atoms with van der Waals surface area (Å²) < 4.78 is 5.72. The van der Waals surface area contributed by atoms with Gasteiger partial charge in [-0.25, -0.2) is 0 Å². The lowest BCUT2D eigenvalue weighted by Crippen LogP contribution is -2.30. The fraction of sp³-hybridized carbons (Fsp3) is 0.278. The van der Waals surface area contributed by atoms with Crippen molar-refractivity contribution in [3.05, 3.63) is 54.3 Å². The summed E-state index contributed by atoms with van der Waals surface area (Å²) in [5.74, 6) is 1.46. The van der Waals surface area contributed by atoms with Crippen molar-refractivity contribution in [3.63, 3.8) is 0 Å². The van der Waals surface area contributed by atoms with Gasteiger partial charge < -0.3 is 9.73 Å². The van der Waals surface area contributed by atoms with Gasteiger partial charge in [0.25, 0.3) is 0 Å². The van der Waals surface area contributed by atoms with Crippen molar-refractivity contribution in [1.29, 1.82) is 0 Å². The van der Waals surface area contributed by atoms with E-state index in [1.807, 2.05) is 42.5 Å². The number of carbonyl (C=O) groups excluding carboxylic acids is 1. The van der Waals surface area contributed by atoms with E-state index in [4.69, 9.17) is 4.42 Å². The van der Waals surface area contributed by atoms with Crippen LogP contribution >= 0.6 is 0 Å². The maximum Gasteiger partial charge on any atom is 0.244 e. The summed E-state index contributed by atoms with van der Waals surface area (Å²) in [6.45, 7) is 0. The maximum atomic E-state index is 11.8. The van der Waals surface area contributed by atoms with Crippen LogP contribution in [-0.4, -0.2) is 11.9 Å². The van der Waals surface area contributed by atoms with E-state index in [0.29, 0.717) is 11.8 Å². The van der Waals surface area contributed by atoms with Crippen LogP contribution in [0.3, 0.4) is 0 Å². The number of benzene rings is 1. The van der Waals surface area contributed by atoms with Crippen LogP contribution in [0.15, 0.2) is 53.0 Å². The van der Waals surface area contributed by atoms with E-state index in [0.717, 1.165) is 24.2 Å². The minimum absolute atomic E-state index is 0.0421. The molecule has 3 heteroatoms. The van der Waals surface area contributed by atoms with Crippen molar-refractivity contribution in [3.8, 4) is 11.3 Å². The molecule has 0 aliphatic heterocycles. The lowest BCUT2D eigenvalue weighted by atomic mass is 10.2. The first-order valence-corrected chi connectivity index (χ1v) is 7.45. The van der Waals surface area contributed by atoms with Crippen molar-refractivity contribution in [2.75, 3.05) is 0 Å². The molecule has 1 heterocycles. The smallest absolute Gasteiger partial charge is 0.244 e. The molecule has 3 nitrogen and oxygen atoms in total. The van der Waals surface area contributed by atoms with Crippen molar-refractivity contribution in [1.82, 2.24) is 5.32 Å². The Labute approximate surface area is 124 Å². The molecule has 1 fully saturated rings. The Hall–Kier alpha value is -2.29. The van der Waals surface area contributed by atoms with Gasteiger partial charge in [-0.1, -0.05) is 43.2 Å². The van der Waals surface area contributed by atoms with Gasteiger partial charge in [-0.05, 0) is 31.1 Å². The Bertz CT molecular complexity index is 622. The topological polar surface area (TPSA) is 42.2 Å². The molecule has 1 aromatic heterocycles. The Kier molecular flexibility index (Phi) is 4.20. The molecule has 1 saturated carbocycles. The number of hydrogen-bond acceptors (Lipinski definition) is 2. The van der Waals surface area contributed by atoms with Crippen LogP contribution in [0.2, 0.25) is 0 Å². The fourth-order valence-corrected chi connectivity index (χ4v) is 2.68. The van der Waals surface area contributed by atoms with E-state index >= 15 is 0 Å². The molecule has 1 aliphatic rings. The van der Waals surface area contributed by atoms with Gasteiger partial charge in [0.2, 0.25) is 5.91 Å². The lowest BCUT2D eigenvalue weighted by Gasteiger charge is -2.08. The summed E-state index contributed by atoms with van der Waals surface area (Å²) in [7, 11) is 0. The van der Waals surface area contributed by atoms with Gasteiger partial charge >= 0.3 is 0 Å². The molecule has 1 aromatic carbocycles. The van der Waals surface area contributed by atoms with E-state index in [9.17, 15) is 4.79 Å². The second-order valence-electron chi connectivity index (χ2n) is 5.39. The number of nitrogens with one attached hydrogen (secondary N) is 1. The van der Waals surface area contributed by atoms with E-state index in [-0.39, 0.29) is 5.91 Å². The van der Waals surface area contributed by atoms with Crippen LogP contribution in [-0.2, 0) is 4.79 Å². The Morgan fingerprint density at radius 2 is 1.86 bits per heavy atom. The summed E-state index contributed by atoms with van der Waals surface area (Å²) in [6, 6.07) is 14.1. The summed E-state index contributed by atoms with van der Waals surface area (Å²) in [6.07, 6.45) is 7.89. The monoisotopic (exact) mass is 281 g/mol. The molecule has 0 saturated heterocycles. The quantitative estimate of drug-likeness (QED) is 0.860. The van der Waals surface area contributed by atoms with Crippen molar-refractivity contribution in [2.45, 2.75) is 31.7 Å². The van der Waals surface area contributed by atoms with Gasteiger partial charge in [-0.3, -0.25) is 4.79 Å². The predicted octanol–water partition coefficient (Wildman–Crippen LogP) is 4.02. The van der Waals surface area contributed by atoms with Crippen molar-refractivity contribution < 1.29 is 9.21 Å². The Morgan fingerprint density at radius 1 is 1.10 bits per heavy atom. The second kappa shape index (κ2) is 6.44. The van der Waals surface area contributed by atoms with Crippen molar-refractivity contribution in [2.24, 2.45) is 0 Å². The van der Waals surface area contributed by atoms with Gasteiger partial charge in [-0.15, -0.1) is 0 Å². The normalized spacial score (nSPS) is 15.6. The number of hydrogen-bond donors (Lipinski definition) is 1. The third-order valence-corrected chi connectivity index (χ3v) is 3.79. The molecule has 108 valence electrons. The zero-order valence-corrected chi connectivity index (χ0v) is 11.9. The minimum Gasteiger partial charge on any atom is -0.457 e. The molecule has 0 radical (unpaired) electrons. The summed E-state index contributed by atoms with van der Waals surface area (Å²) in [4.78, 5) is 11.8. The molecule has 0 spiro atoms. The highest BCUT2D eigenvalue weighted by molar-refractivity contribution is 5.91. The van der Waals surface area contributed by atoms with E-state index in [2.05, 4.69) is 5.32 Å². The van der Waals surface area contributed by atoms with Crippen LogP contribution < -0.4 is 5.32 Å². The highest BCUT2D eigenvalue weighted by Crippen LogP contribution is 2.22. The fourth-order valence-electron chi connectivity index (χ4n) is 2.68. The third-order valence-electron chi connectivity index (χ3n) is 3.79. The molecule has 0 unspecified atom stereocenters. The van der Waals surface area contributed by atoms with Crippen LogP contribution in [0.25, 0.3) is 17.4 Å². The molecule has 0 bridgehead atoms. The van der Waals surface area contributed by atoms with Gasteiger partial charge in [-0.2, -0.15) is 0 Å². The van der Waals surface area contributed by atoms with Crippen LogP contribution in [0.1, 0.15) is 31.4 Å². The SMILES string of the molecule is O=C(C=Cc1ccc(-c2ccccc2)o1)NC1CCCC1. The predicted molar refractivity (Wildman–Crippen MR) is 83.6 cm³/mol. The molecule has 1 aliphatic carbocycles. The first-order valence-electron chi connectivity index (χ1n) is 7.45. The maximum absolute atomic E-state index is 11.8. The van der Waals surface area contributed by atoms with Gasteiger partial charge in [0.05, 0.1) is 0 Å². The second-order valence-corrected chi connectivity index (χ2v) is 5.39. The summed E-state index contributed by atoms with van der Waals surface area (Å²) >= 11 is 0. The van der Waals surface area contributed by atoms with Crippen LogP contribution in [0.4, 0.5) is 0 Å². The molecular formula is C18H19NO2. The first-order chi connectivity index (χ1) is 10.3. The number of carbonyl (C=O) groups is 1. The minimum atomic E-state index is -0.0421. The van der Waals surface area contributed by atoms with Crippen LogP contribution in [0.5, 0.6) is 0 Å². The van der Waals surface area contributed by atoms with E-state index in [1.54, 1.807) is 12.2 Å².